The van der Waals surface area contributed by atoms with Crippen LogP contribution in [0.3, 0.4) is 0 Å². The summed E-state index contributed by atoms with van der Waals surface area (Å²) in [4.78, 5) is 15.6. The number of carbonyl (C=O) groups excluding carboxylic acids is 1. The number of carbonyl (C=O) groups is 1. The lowest BCUT2D eigenvalue weighted by Gasteiger charge is -2.37. The Labute approximate surface area is 199 Å². The highest BCUT2D eigenvalue weighted by Crippen LogP contribution is 2.22. The summed E-state index contributed by atoms with van der Waals surface area (Å²) in [5, 5.41) is 8.13. The molecule has 0 radical (unpaired) electrons. The molecular formula is C22H31FN6O4S. The van der Waals surface area contributed by atoms with E-state index in [1.807, 2.05) is 6.07 Å². The number of sulfonamides is 1. The second kappa shape index (κ2) is 10.9. The number of halogens is 1. The molecule has 10 nitrogen and oxygen atoms in total. The average Bonchev–Trinajstić information content (AvgIpc) is 3.39. The van der Waals surface area contributed by atoms with Crippen molar-refractivity contribution >= 4 is 16.0 Å². The minimum atomic E-state index is -3.38. The second-order valence-corrected chi connectivity index (χ2v) is 10.8. The van der Waals surface area contributed by atoms with Crippen molar-refractivity contribution in [3.05, 3.63) is 47.5 Å². The molecule has 0 amide bonds. The topological polar surface area (TPSA) is 101 Å². The molecule has 4 rings (SSSR count). The lowest BCUT2D eigenvalue weighted by molar-refractivity contribution is -0.140. The normalized spacial score (nSPS) is 21.6. The summed E-state index contributed by atoms with van der Waals surface area (Å²) in [7, 11) is -2.03. The zero-order valence-corrected chi connectivity index (χ0v) is 20.2. The summed E-state index contributed by atoms with van der Waals surface area (Å²) < 4.78 is 47.2. The van der Waals surface area contributed by atoms with E-state index in [0.29, 0.717) is 43.7 Å². The van der Waals surface area contributed by atoms with Crippen LogP contribution in [0.1, 0.15) is 24.1 Å². The van der Waals surface area contributed by atoms with E-state index < -0.39 is 10.0 Å². The largest absolute Gasteiger partial charge is 0.469 e. The Morgan fingerprint density at radius 2 is 1.94 bits per heavy atom. The van der Waals surface area contributed by atoms with Crippen molar-refractivity contribution in [2.45, 2.75) is 38.5 Å². The first-order chi connectivity index (χ1) is 16.3. The number of aromatic nitrogens is 3. The van der Waals surface area contributed by atoms with Gasteiger partial charge in [-0.1, -0.05) is 23.4 Å². The number of nitrogens with zero attached hydrogens (tertiary/aromatic N) is 6. The number of benzene rings is 1. The maximum atomic E-state index is 13.9. The Bertz CT molecular complexity index is 1090. The Kier molecular flexibility index (Phi) is 7.91. The molecular weight excluding hydrogens is 463 g/mol. The summed E-state index contributed by atoms with van der Waals surface area (Å²) in [6, 6.07) is 6.74. The SMILES string of the molecule is COC(=O)CCCn1cc(CN2CC(N3CCN(Cc4ccccc4F)CC3)CS2(=O)=O)nn1. The zero-order valence-electron chi connectivity index (χ0n) is 19.3. The van der Waals surface area contributed by atoms with Crippen molar-refractivity contribution < 1.29 is 22.3 Å². The summed E-state index contributed by atoms with van der Waals surface area (Å²) >= 11 is 0. The van der Waals surface area contributed by atoms with E-state index >= 15 is 0 Å². The van der Waals surface area contributed by atoms with Gasteiger partial charge in [-0.05, 0) is 12.5 Å². The van der Waals surface area contributed by atoms with Crippen LogP contribution in [0.4, 0.5) is 4.39 Å². The molecule has 1 atom stereocenters. The first-order valence-electron chi connectivity index (χ1n) is 11.5. The third-order valence-electron chi connectivity index (χ3n) is 6.41. The molecule has 0 N–H and O–H groups in total. The number of methoxy groups -OCH3 is 1. The molecule has 0 bridgehead atoms. The van der Waals surface area contributed by atoms with Crippen LogP contribution in [0.15, 0.2) is 30.5 Å². The van der Waals surface area contributed by atoms with Crippen LogP contribution < -0.4 is 0 Å². The first-order valence-corrected chi connectivity index (χ1v) is 13.1. The molecule has 0 saturated carbocycles. The molecule has 2 aliphatic rings. The Balaban J connectivity index is 1.27. The Morgan fingerprint density at radius 1 is 1.18 bits per heavy atom. The van der Waals surface area contributed by atoms with Crippen molar-refractivity contribution in [2.24, 2.45) is 0 Å². The minimum absolute atomic E-state index is 0.0734. The summed E-state index contributed by atoms with van der Waals surface area (Å²) in [5.74, 6) is -0.376. The van der Waals surface area contributed by atoms with Crippen molar-refractivity contribution in [2.75, 3.05) is 45.6 Å². The highest BCUT2D eigenvalue weighted by Gasteiger charge is 2.40. The van der Waals surface area contributed by atoms with E-state index in [9.17, 15) is 17.6 Å². The Hall–Kier alpha value is -2.41. The third-order valence-corrected chi connectivity index (χ3v) is 8.28. The molecule has 1 unspecified atom stereocenters. The molecule has 1 aromatic heterocycles. The monoisotopic (exact) mass is 494 g/mol. The smallest absolute Gasteiger partial charge is 0.305 e. The standard InChI is InChI=1S/C22H31FN6O4S/c1-33-22(30)7-4-8-28-14-19(24-25-28)15-29-16-20(17-34(29,31)32)27-11-9-26(10-12-27)13-18-5-2-3-6-21(18)23/h2-3,5-6,14,20H,4,7-13,15-17H2,1H3. The van der Waals surface area contributed by atoms with E-state index in [1.165, 1.54) is 17.5 Å². The predicted octanol–water partition coefficient (Wildman–Crippen LogP) is 0.702. The number of rotatable bonds is 9. The van der Waals surface area contributed by atoms with E-state index in [2.05, 4.69) is 24.8 Å². The van der Waals surface area contributed by atoms with Crippen LogP contribution in [0.5, 0.6) is 0 Å². The maximum Gasteiger partial charge on any atom is 0.305 e. The van der Waals surface area contributed by atoms with Gasteiger partial charge in [0.15, 0.2) is 0 Å². The van der Waals surface area contributed by atoms with E-state index in [0.717, 1.165) is 26.2 Å². The van der Waals surface area contributed by atoms with Crippen molar-refractivity contribution in [1.29, 1.82) is 0 Å². The fourth-order valence-corrected chi connectivity index (χ4v) is 6.22. The fourth-order valence-electron chi connectivity index (χ4n) is 4.48. The minimum Gasteiger partial charge on any atom is -0.469 e. The molecule has 0 aliphatic carbocycles. The van der Waals surface area contributed by atoms with Crippen LogP contribution in [-0.4, -0.2) is 95.1 Å². The van der Waals surface area contributed by atoms with Crippen molar-refractivity contribution in [3.8, 4) is 0 Å². The summed E-state index contributed by atoms with van der Waals surface area (Å²) in [6.45, 7) is 4.71. The van der Waals surface area contributed by atoms with Gasteiger partial charge < -0.3 is 4.74 Å². The van der Waals surface area contributed by atoms with Crippen molar-refractivity contribution in [1.82, 2.24) is 29.1 Å². The van der Waals surface area contributed by atoms with Gasteiger partial charge in [0.1, 0.15) is 5.82 Å². The molecule has 34 heavy (non-hydrogen) atoms. The van der Waals surface area contributed by atoms with Crippen LogP contribution >= 0.6 is 0 Å². The number of ether oxygens (including phenoxy) is 1. The van der Waals surface area contributed by atoms with Gasteiger partial charge in [0.2, 0.25) is 10.0 Å². The molecule has 2 fully saturated rings. The van der Waals surface area contributed by atoms with E-state index in [4.69, 9.17) is 0 Å². The van der Waals surface area contributed by atoms with E-state index in [-0.39, 0.29) is 30.1 Å². The van der Waals surface area contributed by atoms with Gasteiger partial charge >= 0.3 is 5.97 Å². The predicted molar refractivity (Wildman–Crippen MR) is 123 cm³/mol. The Morgan fingerprint density at radius 3 is 2.68 bits per heavy atom. The van der Waals surface area contributed by atoms with E-state index in [1.54, 1.807) is 23.0 Å². The van der Waals surface area contributed by atoms with Gasteiger partial charge in [-0.15, -0.1) is 5.10 Å². The van der Waals surface area contributed by atoms with Gasteiger partial charge in [0, 0.05) is 70.0 Å². The maximum absolute atomic E-state index is 13.9. The lowest BCUT2D eigenvalue weighted by atomic mass is 10.1. The molecule has 2 aliphatic heterocycles. The first kappa shape index (κ1) is 24.7. The highest BCUT2D eigenvalue weighted by molar-refractivity contribution is 7.89. The molecule has 3 heterocycles. The molecule has 1 aromatic carbocycles. The van der Waals surface area contributed by atoms with Crippen LogP contribution in [0.2, 0.25) is 0 Å². The molecule has 186 valence electrons. The quantitative estimate of drug-likeness (QED) is 0.470. The summed E-state index contributed by atoms with van der Waals surface area (Å²) in [6.07, 6.45) is 2.59. The van der Waals surface area contributed by atoms with Crippen LogP contribution in [0.25, 0.3) is 0 Å². The van der Waals surface area contributed by atoms with Gasteiger partial charge in [-0.2, -0.15) is 4.31 Å². The van der Waals surface area contributed by atoms with Crippen LogP contribution in [-0.2, 0) is 39.2 Å². The van der Waals surface area contributed by atoms with Gasteiger partial charge in [0.25, 0.3) is 0 Å². The van der Waals surface area contributed by atoms with Gasteiger partial charge in [-0.3, -0.25) is 19.3 Å². The third kappa shape index (κ3) is 6.17. The molecule has 12 heteroatoms. The summed E-state index contributed by atoms with van der Waals surface area (Å²) in [5.41, 5.74) is 1.26. The second-order valence-electron chi connectivity index (χ2n) is 8.78. The molecule has 2 saturated heterocycles. The zero-order chi connectivity index (χ0) is 24.1. The number of hydrogen-bond donors (Lipinski definition) is 0. The average molecular weight is 495 g/mol. The van der Waals surface area contributed by atoms with Gasteiger partial charge in [-0.25, -0.2) is 12.8 Å². The van der Waals surface area contributed by atoms with Crippen molar-refractivity contribution in [3.63, 3.8) is 0 Å². The molecule has 0 spiro atoms. The lowest BCUT2D eigenvalue weighted by Crippen LogP contribution is -2.51. The highest BCUT2D eigenvalue weighted by atomic mass is 32.2. The fraction of sp³-hybridized carbons (Fsp3) is 0.591. The number of aryl methyl sites for hydroxylation is 1. The molecule has 2 aromatic rings. The van der Waals surface area contributed by atoms with Crippen LogP contribution in [0, 0.1) is 5.82 Å². The van der Waals surface area contributed by atoms with Gasteiger partial charge in [0.05, 0.1) is 25.1 Å². The number of piperazine rings is 1. The number of esters is 1. The number of hydrogen-bond acceptors (Lipinski definition) is 8.